The molecule has 0 aliphatic carbocycles. The highest BCUT2D eigenvalue weighted by Crippen LogP contribution is 2.07. The van der Waals surface area contributed by atoms with Crippen molar-refractivity contribution >= 4 is 11.9 Å². The molecule has 132 valence electrons. The normalized spacial score (nSPS) is 19.8. The lowest BCUT2D eigenvalue weighted by atomic mass is 10.1. The Morgan fingerprint density at radius 1 is 1.25 bits per heavy atom. The van der Waals surface area contributed by atoms with Crippen molar-refractivity contribution in [1.82, 2.24) is 20.9 Å². The summed E-state index contributed by atoms with van der Waals surface area (Å²) >= 11 is 0. The molecule has 24 heavy (non-hydrogen) atoms. The fourth-order valence-electron chi connectivity index (χ4n) is 2.61. The van der Waals surface area contributed by atoms with Gasteiger partial charge in [0.15, 0.2) is 0 Å². The van der Waals surface area contributed by atoms with E-state index in [1.165, 1.54) is 0 Å². The van der Waals surface area contributed by atoms with Crippen molar-refractivity contribution in [2.75, 3.05) is 33.2 Å². The van der Waals surface area contributed by atoms with Gasteiger partial charge in [-0.1, -0.05) is 30.3 Å². The maximum Gasteiger partial charge on any atom is 0.317 e. The molecule has 1 aliphatic rings. The third-order valence-corrected chi connectivity index (χ3v) is 4.10. The molecular weight excluding hydrogens is 308 g/mol. The standard InChI is InChI=1S/C17H26N4O3/c1-21(12-13-5-3-2-4-6-13)17(24)19-8-7-16(23)20-10-14-9-18-11-15(14)22/h2-6,14-15,18,22H,7-12H2,1H3,(H,19,24)(H,20,23). The van der Waals surface area contributed by atoms with E-state index < -0.39 is 6.10 Å². The predicted octanol–water partition coefficient (Wildman–Crippen LogP) is -0.0854. The van der Waals surface area contributed by atoms with E-state index in [9.17, 15) is 14.7 Å². The largest absolute Gasteiger partial charge is 0.391 e. The first kappa shape index (κ1) is 18.2. The van der Waals surface area contributed by atoms with Crippen LogP contribution in [0.3, 0.4) is 0 Å². The summed E-state index contributed by atoms with van der Waals surface area (Å²) in [4.78, 5) is 25.3. The van der Waals surface area contributed by atoms with Crippen molar-refractivity contribution in [2.24, 2.45) is 5.92 Å². The number of hydrogen-bond donors (Lipinski definition) is 4. The third kappa shape index (κ3) is 5.82. The number of aliphatic hydroxyl groups is 1. The number of hydrogen-bond acceptors (Lipinski definition) is 4. The number of rotatable bonds is 7. The Bertz CT molecular complexity index is 538. The topological polar surface area (TPSA) is 93.7 Å². The van der Waals surface area contributed by atoms with Crippen LogP contribution in [-0.2, 0) is 11.3 Å². The van der Waals surface area contributed by atoms with Crippen LogP contribution in [0.2, 0.25) is 0 Å². The number of β-amino-alcohol motifs (C(OH)–C–C–N with tert-alkyl or cyclic N) is 1. The van der Waals surface area contributed by atoms with E-state index in [0.717, 1.165) is 5.56 Å². The minimum Gasteiger partial charge on any atom is -0.391 e. The highest BCUT2D eigenvalue weighted by atomic mass is 16.3. The van der Waals surface area contributed by atoms with Gasteiger partial charge >= 0.3 is 6.03 Å². The SMILES string of the molecule is CN(Cc1ccccc1)C(=O)NCCC(=O)NCC1CNCC1O. The summed E-state index contributed by atoms with van der Waals surface area (Å²) in [6.45, 7) is 2.54. The van der Waals surface area contributed by atoms with Gasteiger partial charge in [0.2, 0.25) is 5.91 Å². The Morgan fingerprint density at radius 3 is 2.67 bits per heavy atom. The molecular formula is C17H26N4O3. The fraction of sp³-hybridized carbons (Fsp3) is 0.529. The lowest BCUT2D eigenvalue weighted by molar-refractivity contribution is -0.121. The summed E-state index contributed by atoms with van der Waals surface area (Å²) < 4.78 is 0. The summed E-state index contributed by atoms with van der Waals surface area (Å²) in [6.07, 6.45) is -0.183. The van der Waals surface area contributed by atoms with Gasteiger partial charge in [0.05, 0.1) is 6.10 Å². The van der Waals surface area contributed by atoms with Gasteiger partial charge in [0.1, 0.15) is 0 Å². The smallest absolute Gasteiger partial charge is 0.317 e. The molecule has 0 radical (unpaired) electrons. The van der Waals surface area contributed by atoms with Crippen molar-refractivity contribution in [3.63, 3.8) is 0 Å². The van der Waals surface area contributed by atoms with Crippen LogP contribution in [0.1, 0.15) is 12.0 Å². The zero-order valence-corrected chi connectivity index (χ0v) is 14.0. The summed E-state index contributed by atoms with van der Waals surface area (Å²) in [5.41, 5.74) is 1.05. The van der Waals surface area contributed by atoms with Crippen LogP contribution in [0.15, 0.2) is 30.3 Å². The predicted molar refractivity (Wildman–Crippen MR) is 91.3 cm³/mol. The van der Waals surface area contributed by atoms with Gasteiger partial charge in [0.25, 0.3) is 0 Å². The average molecular weight is 334 g/mol. The number of carbonyl (C=O) groups excluding carboxylic acids is 2. The monoisotopic (exact) mass is 334 g/mol. The van der Waals surface area contributed by atoms with E-state index in [1.54, 1.807) is 11.9 Å². The average Bonchev–Trinajstić information content (AvgIpc) is 2.99. The van der Waals surface area contributed by atoms with Crippen molar-refractivity contribution in [3.05, 3.63) is 35.9 Å². The zero-order valence-electron chi connectivity index (χ0n) is 14.0. The lowest BCUT2D eigenvalue weighted by Crippen LogP contribution is -2.40. The number of urea groups is 1. The highest BCUT2D eigenvalue weighted by molar-refractivity contribution is 5.78. The third-order valence-electron chi connectivity index (χ3n) is 4.10. The maximum atomic E-state index is 12.0. The molecule has 1 saturated heterocycles. The fourth-order valence-corrected chi connectivity index (χ4v) is 2.61. The molecule has 2 atom stereocenters. The summed E-state index contributed by atoms with van der Waals surface area (Å²) in [6, 6.07) is 9.52. The van der Waals surface area contributed by atoms with Crippen molar-refractivity contribution in [3.8, 4) is 0 Å². The van der Waals surface area contributed by atoms with Crippen LogP contribution in [0.25, 0.3) is 0 Å². The number of nitrogens with zero attached hydrogens (tertiary/aromatic N) is 1. The lowest BCUT2D eigenvalue weighted by Gasteiger charge is -2.18. The Morgan fingerprint density at radius 2 is 2.00 bits per heavy atom. The molecule has 2 rings (SSSR count). The van der Waals surface area contributed by atoms with Gasteiger partial charge in [-0.25, -0.2) is 4.79 Å². The van der Waals surface area contributed by atoms with Crippen molar-refractivity contribution in [1.29, 1.82) is 0 Å². The Hall–Kier alpha value is -2.12. The molecule has 7 heteroatoms. The van der Waals surface area contributed by atoms with Crippen LogP contribution in [0.4, 0.5) is 4.79 Å². The van der Waals surface area contributed by atoms with Gasteiger partial charge in [-0.3, -0.25) is 4.79 Å². The van der Waals surface area contributed by atoms with Gasteiger partial charge in [0, 0.05) is 52.1 Å². The van der Waals surface area contributed by atoms with E-state index in [1.807, 2.05) is 30.3 Å². The van der Waals surface area contributed by atoms with Gasteiger partial charge < -0.3 is 26.0 Å². The van der Waals surface area contributed by atoms with Crippen LogP contribution in [-0.4, -0.2) is 61.3 Å². The molecule has 1 heterocycles. The van der Waals surface area contributed by atoms with Crippen LogP contribution < -0.4 is 16.0 Å². The van der Waals surface area contributed by atoms with Gasteiger partial charge in [-0.2, -0.15) is 0 Å². The molecule has 0 spiro atoms. The second-order valence-electron chi connectivity index (χ2n) is 6.11. The van der Waals surface area contributed by atoms with E-state index in [2.05, 4.69) is 16.0 Å². The molecule has 1 aliphatic heterocycles. The van der Waals surface area contributed by atoms with E-state index in [-0.39, 0.29) is 30.8 Å². The molecule has 0 bridgehead atoms. The first-order valence-electron chi connectivity index (χ1n) is 8.24. The Kier molecular flexibility index (Phi) is 7.02. The quantitative estimate of drug-likeness (QED) is 0.561. The second kappa shape index (κ2) is 9.24. The maximum absolute atomic E-state index is 12.0. The van der Waals surface area contributed by atoms with E-state index >= 15 is 0 Å². The first-order valence-corrected chi connectivity index (χ1v) is 8.24. The Labute approximate surface area is 142 Å². The summed E-state index contributed by atoms with van der Waals surface area (Å²) in [5, 5.41) is 18.3. The molecule has 0 aromatic heterocycles. The van der Waals surface area contributed by atoms with E-state index in [0.29, 0.717) is 26.2 Å². The van der Waals surface area contributed by atoms with Crippen LogP contribution in [0.5, 0.6) is 0 Å². The summed E-state index contributed by atoms with van der Waals surface area (Å²) in [7, 11) is 1.72. The van der Waals surface area contributed by atoms with Crippen LogP contribution >= 0.6 is 0 Å². The Balaban J connectivity index is 1.60. The van der Waals surface area contributed by atoms with Crippen molar-refractivity contribution < 1.29 is 14.7 Å². The van der Waals surface area contributed by atoms with Gasteiger partial charge in [-0.05, 0) is 5.56 Å². The van der Waals surface area contributed by atoms with Crippen LogP contribution in [0, 0.1) is 5.92 Å². The molecule has 2 unspecified atom stereocenters. The molecule has 4 N–H and O–H groups in total. The first-order chi connectivity index (χ1) is 11.6. The summed E-state index contributed by atoms with van der Waals surface area (Å²) in [5.74, 6) is -0.0688. The molecule has 0 saturated carbocycles. The molecule has 1 aromatic carbocycles. The number of nitrogens with one attached hydrogen (secondary N) is 3. The molecule has 1 aromatic rings. The minimum atomic E-state index is -0.406. The minimum absolute atomic E-state index is 0.0561. The molecule has 7 nitrogen and oxygen atoms in total. The number of aliphatic hydroxyl groups excluding tert-OH is 1. The zero-order chi connectivity index (χ0) is 17.4. The number of carbonyl (C=O) groups is 2. The van der Waals surface area contributed by atoms with Gasteiger partial charge in [-0.15, -0.1) is 0 Å². The number of benzene rings is 1. The van der Waals surface area contributed by atoms with Crippen molar-refractivity contribution in [2.45, 2.75) is 19.1 Å². The highest BCUT2D eigenvalue weighted by Gasteiger charge is 2.24. The van der Waals surface area contributed by atoms with E-state index in [4.69, 9.17) is 0 Å². The second-order valence-corrected chi connectivity index (χ2v) is 6.11. The molecule has 3 amide bonds. The number of amides is 3. The molecule has 1 fully saturated rings.